The van der Waals surface area contributed by atoms with Crippen LogP contribution in [0.15, 0.2) is 40.1 Å². The monoisotopic (exact) mass is 498 g/mol. The number of ether oxygens (including phenoxy) is 1. The van der Waals surface area contributed by atoms with Crippen LogP contribution in [0.2, 0.25) is 0 Å². The number of thiocarbonyl (C=S) groups is 1. The lowest BCUT2D eigenvalue weighted by molar-refractivity contribution is 0.122. The van der Waals surface area contributed by atoms with Gasteiger partial charge in [0.2, 0.25) is 0 Å². The second-order valence-electron chi connectivity index (χ2n) is 8.17. The smallest absolute Gasteiger partial charge is 0.170 e. The van der Waals surface area contributed by atoms with Crippen molar-refractivity contribution in [3.05, 3.63) is 47.1 Å². The van der Waals surface area contributed by atoms with E-state index in [1.165, 1.54) is 0 Å². The minimum absolute atomic E-state index is 0.0243. The molecule has 2 aliphatic rings. The van der Waals surface area contributed by atoms with Gasteiger partial charge >= 0.3 is 0 Å². The molecule has 5 rings (SSSR count). The molecule has 33 heavy (non-hydrogen) atoms. The molecular weight excluding hydrogens is 472 g/mol. The first-order chi connectivity index (χ1) is 16.0. The van der Waals surface area contributed by atoms with Crippen molar-refractivity contribution in [1.29, 1.82) is 0 Å². The molecule has 7 nitrogen and oxygen atoms in total. The van der Waals surface area contributed by atoms with Crippen molar-refractivity contribution in [2.75, 3.05) is 43.6 Å². The molecule has 2 N–H and O–H groups in total. The molecule has 0 radical (unpaired) electrons. The Morgan fingerprint density at radius 2 is 1.91 bits per heavy atom. The summed E-state index contributed by atoms with van der Waals surface area (Å²) in [6.45, 7) is 5.16. The molecule has 0 bridgehead atoms. The molecule has 0 spiro atoms. The average molecular weight is 499 g/mol. The fraction of sp³-hybridized carbons (Fsp3) is 0.391. The number of aryl methyl sites for hydroxylation is 1. The van der Waals surface area contributed by atoms with Crippen LogP contribution in [0.5, 0.6) is 0 Å². The van der Waals surface area contributed by atoms with E-state index in [1.54, 1.807) is 18.4 Å². The highest BCUT2D eigenvalue weighted by molar-refractivity contribution is 8.02. The first-order valence-electron chi connectivity index (χ1n) is 11.0. The molecule has 1 saturated heterocycles. The molecule has 10 heteroatoms. The minimum atomic E-state index is -0.0243. The molecule has 2 fully saturated rings. The topological polar surface area (TPSA) is 75.2 Å². The van der Waals surface area contributed by atoms with Gasteiger partial charge in [0.15, 0.2) is 15.3 Å². The van der Waals surface area contributed by atoms with Crippen molar-refractivity contribution in [3.63, 3.8) is 0 Å². The van der Waals surface area contributed by atoms with Crippen molar-refractivity contribution in [1.82, 2.24) is 20.3 Å². The van der Waals surface area contributed by atoms with Gasteiger partial charge < -0.3 is 20.3 Å². The number of benzene rings is 1. The van der Waals surface area contributed by atoms with Crippen LogP contribution in [-0.4, -0.2) is 53.4 Å². The summed E-state index contributed by atoms with van der Waals surface area (Å²) in [5.74, 6) is 1.72. The second-order valence-corrected chi connectivity index (χ2v) is 11.1. The largest absolute Gasteiger partial charge is 0.378 e. The zero-order valence-electron chi connectivity index (χ0n) is 18.6. The first-order valence-corrected chi connectivity index (χ1v) is 13.1. The molecule has 172 valence electrons. The normalized spacial score (nSPS) is 17.0. The van der Waals surface area contributed by atoms with Gasteiger partial charge in [0, 0.05) is 48.5 Å². The van der Waals surface area contributed by atoms with Crippen molar-refractivity contribution in [2.24, 2.45) is 0 Å². The van der Waals surface area contributed by atoms with Crippen LogP contribution in [0.25, 0.3) is 11.4 Å². The highest BCUT2D eigenvalue weighted by Gasteiger charge is 2.48. The molecule has 2 aromatic heterocycles. The SMILES string of the molecule is CNC(=S)Nc1ccc(-c2nc(N3CCOCC3)cc(C3(Sc4nc(C)cs4)CC3)n2)cc1. The van der Waals surface area contributed by atoms with Crippen LogP contribution >= 0.6 is 35.3 Å². The van der Waals surface area contributed by atoms with Crippen LogP contribution < -0.4 is 15.5 Å². The molecule has 0 amide bonds. The van der Waals surface area contributed by atoms with Crippen molar-refractivity contribution < 1.29 is 4.74 Å². The standard InChI is InChI=1S/C23H26N6OS3/c1-15-14-32-22(25-15)33-23(7-8-23)18-13-19(29-9-11-30-12-10-29)28-20(27-18)16-3-5-17(6-4-16)26-21(31)24-2/h3-6,13-14H,7-12H2,1-2H3,(H2,24,26,31). The number of anilines is 2. The Morgan fingerprint density at radius 1 is 1.15 bits per heavy atom. The van der Waals surface area contributed by atoms with Gasteiger partial charge in [0.25, 0.3) is 0 Å². The maximum Gasteiger partial charge on any atom is 0.170 e. The Bertz CT molecular complexity index is 1140. The summed E-state index contributed by atoms with van der Waals surface area (Å²) in [6.07, 6.45) is 2.19. The van der Waals surface area contributed by atoms with Gasteiger partial charge in [0.05, 0.1) is 23.7 Å². The number of thiazole rings is 1. The molecule has 1 aliphatic heterocycles. The Balaban J connectivity index is 1.49. The Hall–Kier alpha value is -2.27. The average Bonchev–Trinajstić information content (AvgIpc) is 3.52. The third kappa shape index (κ3) is 5.13. The summed E-state index contributed by atoms with van der Waals surface area (Å²) < 4.78 is 6.64. The van der Waals surface area contributed by atoms with E-state index in [0.717, 1.165) is 77.8 Å². The van der Waals surface area contributed by atoms with Gasteiger partial charge in [-0.2, -0.15) is 0 Å². The molecule has 3 aromatic rings. The molecule has 3 heterocycles. The molecule has 0 unspecified atom stereocenters. The Labute approximate surface area is 207 Å². The summed E-state index contributed by atoms with van der Waals surface area (Å²) in [7, 11) is 1.80. The summed E-state index contributed by atoms with van der Waals surface area (Å²) in [5.41, 5.74) is 4.07. The zero-order valence-corrected chi connectivity index (χ0v) is 21.1. The number of rotatable bonds is 6. The lowest BCUT2D eigenvalue weighted by Gasteiger charge is -2.29. The number of morpholine rings is 1. The van der Waals surface area contributed by atoms with E-state index in [1.807, 2.05) is 43.0 Å². The Kier molecular flexibility index (Phi) is 6.51. The van der Waals surface area contributed by atoms with Crippen LogP contribution in [0.1, 0.15) is 24.2 Å². The highest BCUT2D eigenvalue weighted by Crippen LogP contribution is 2.59. The summed E-state index contributed by atoms with van der Waals surface area (Å²) in [4.78, 5) is 17.0. The first kappa shape index (κ1) is 22.5. The van der Waals surface area contributed by atoms with E-state index < -0.39 is 0 Å². The van der Waals surface area contributed by atoms with E-state index in [9.17, 15) is 0 Å². The quantitative estimate of drug-likeness (QED) is 0.480. The number of thioether (sulfide) groups is 1. The van der Waals surface area contributed by atoms with E-state index in [4.69, 9.17) is 26.9 Å². The predicted molar refractivity (Wildman–Crippen MR) is 139 cm³/mol. The van der Waals surface area contributed by atoms with Crippen LogP contribution in [0.4, 0.5) is 11.5 Å². The summed E-state index contributed by atoms with van der Waals surface area (Å²) >= 11 is 8.76. The summed E-state index contributed by atoms with van der Waals surface area (Å²) in [5, 5.41) is 8.78. The van der Waals surface area contributed by atoms with Gasteiger partial charge in [-0.1, -0.05) is 11.8 Å². The van der Waals surface area contributed by atoms with E-state index in [0.29, 0.717) is 5.11 Å². The molecule has 1 aromatic carbocycles. The van der Waals surface area contributed by atoms with E-state index >= 15 is 0 Å². The third-order valence-electron chi connectivity index (χ3n) is 5.73. The van der Waals surface area contributed by atoms with Crippen LogP contribution in [0.3, 0.4) is 0 Å². The molecule has 0 atom stereocenters. The van der Waals surface area contributed by atoms with Gasteiger partial charge in [-0.05, 0) is 56.2 Å². The van der Waals surface area contributed by atoms with E-state index in [-0.39, 0.29) is 4.75 Å². The molecule has 1 aliphatic carbocycles. The van der Waals surface area contributed by atoms with E-state index in [2.05, 4.69) is 32.0 Å². The minimum Gasteiger partial charge on any atom is -0.378 e. The van der Waals surface area contributed by atoms with Gasteiger partial charge in [-0.15, -0.1) is 11.3 Å². The Morgan fingerprint density at radius 3 is 2.55 bits per heavy atom. The number of hydrogen-bond acceptors (Lipinski definition) is 8. The number of hydrogen-bond donors (Lipinski definition) is 2. The van der Waals surface area contributed by atoms with Gasteiger partial charge in [0.1, 0.15) is 5.82 Å². The molecular formula is C23H26N6OS3. The van der Waals surface area contributed by atoms with Crippen LogP contribution in [0, 0.1) is 6.92 Å². The van der Waals surface area contributed by atoms with Crippen molar-refractivity contribution >= 4 is 51.9 Å². The number of nitrogens with one attached hydrogen (secondary N) is 2. The van der Waals surface area contributed by atoms with Gasteiger partial charge in [-0.3, -0.25) is 0 Å². The maximum absolute atomic E-state index is 5.56. The lowest BCUT2D eigenvalue weighted by atomic mass is 10.1. The van der Waals surface area contributed by atoms with Gasteiger partial charge in [-0.25, -0.2) is 15.0 Å². The fourth-order valence-electron chi connectivity index (χ4n) is 3.72. The van der Waals surface area contributed by atoms with Crippen molar-refractivity contribution in [2.45, 2.75) is 28.9 Å². The predicted octanol–water partition coefficient (Wildman–Crippen LogP) is 4.44. The third-order valence-corrected chi connectivity index (χ3v) is 8.60. The lowest BCUT2D eigenvalue weighted by Crippen LogP contribution is -2.37. The second kappa shape index (κ2) is 9.54. The maximum atomic E-state index is 5.56. The van der Waals surface area contributed by atoms with Crippen LogP contribution in [-0.2, 0) is 9.48 Å². The molecule has 1 saturated carbocycles. The number of nitrogens with zero attached hydrogens (tertiary/aromatic N) is 4. The zero-order chi connectivity index (χ0) is 22.8. The van der Waals surface area contributed by atoms with Crippen molar-refractivity contribution in [3.8, 4) is 11.4 Å². The number of aromatic nitrogens is 3. The summed E-state index contributed by atoms with van der Waals surface area (Å²) in [6, 6.07) is 10.3. The highest BCUT2D eigenvalue weighted by atomic mass is 32.2. The fourth-order valence-corrected chi connectivity index (χ4v) is 6.21.